The minimum atomic E-state index is -1.12. The van der Waals surface area contributed by atoms with Gasteiger partial charge in [-0.1, -0.05) is 60.7 Å². The fourth-order valence-electron chi connectivity index (χ4n) is 5.69. The number of benzene rings is 2. The van der Waals surface area contributed by atoms with Gasteiger partial charge in [-0.15, -0.1) is 0 Å². The zero-order chi connectivity index (χ0) is 27.1. The predicted octanol–water partition coefficient (Wildman–Crippen LogP) is 4.20. The molecule has 38 heavy (non-hydrogen) atoms. The van der Waals surface area contributed by atoms with Crippen LogP contribution in [0.1, 0.15) is 50.2 Å². The van der Waals surface area contributed by atoms with Crippen LogP contribution in [0.4, 0.5) is 0 Å². The average molecular weight is 538 g/mol. The number of carboxylic acid groups (broad SMARTS) is 1. The van der Waals surface area contributed by atoms with Crippen molar-refractivity contribution in [1.82, 2.24) is 14.5 Å². The first-order valence-corrected chi connectivity index (χ1v) is 14.1. The highest BCUT2D eigenvalue weighted by molar-refractivity contribution is 7.20. The first-order valence-electron chi connectivity index (χ1n) is 13.4. The van der Waals surface area contributed by atoms with E-state index >= 15 is 0 Å². The standard InChI is InChI=1S/C29H36N3O5P/c1-29(18-16-22-10-4-2-5-11-22,32(38-37)21-17-23-12-6-3-7-13-23)28(36)31-20-8-14-24(31)26(33)30-19-9-15-25(30)27(34)35/h2-7,10-13,24-25H,8-9,14-21H2,1H3,(H,34,35)/t24-,25-,29+/m0/s1. The molecule has 2 aliphatic rings. The fourth-order valence-corrected chi connectivity index (χ4v) is 6.24. The predicted molar refractivity (Wildman–Crippen MR) is 145 cm³/mol. The van der Waals surface area contributed by atoms with Crippen LogP contribution in [0.25, 0.3) is 0 Å². The van der Waals surface area contributed by atoms with E-state index in [0.29, 0.717) is 64.6 Å². The Bertz CT molecular complexity index is 1130. The SMILES string of the molecule is C[C@@](CCc1ccccc1)(C(=O)N1CCC[C@H]1C(=O)N1CCC[C@H]1C(=O)O)N(CCc1ccccc1)P=O. The summed E-state index contributed by atoms with van der Waals surface area (Å²) in [5.41, 5.74) is 1.04. The van der Waals surface area contributed by atoms with Gasteiger partial charge in [0.2, 0.25) is 20.4 Å². The number of aryl methyl sites for hydroxylation is 1. The van der Waals surface area contributed by atoms with Gasteiger partial charge in [0, 0.05) is 19.6 Å². The summed E-state index contributed by atoms with van der Waals surface area (Å²) < 4.78 is 14.2. The third kappa shape index (κ3) is 6.13. The molecule has 2 saturated heterocycles. The summed E-state index contributed by atoms with van der Waals surface area (Å²) in [6.07, 6.45) is 3.90. The lowest BCUT2D eigenvalue weighted by molar-refractivity contribution is -0.154. The van der Waals surface area contributed by atoms with Crippen molar-refractivity contribution in [2.24, 2.45) is 0 Å². The number of carbonyl (C=O) groups excluding carboxylic acids is 2. The second-order valence-corrected chi connectivity index (χ2v) is 11.0. The van der Waals surface area contributed by atoms with Crippen LogP contribution in [0.3, 0.4) is 0 Å². The highest BCUT2D eigenvalue weighted by Gasteiger charge is 2.48. The van der Waals surface area contributed by atoms with Crippen LogP contribution < -0.4 is 0 Å². The second-order valence-electron chi connectivity index (χ2n) is 10.4. The molecule has 0 saturated carbocycles. The molecule has 4 rings (SSSR count). The molecule has 0 aromatic heterocycles. The Labute approximate surface area is 225 Å². The van der Waals surface area contributed by atoms with Gasteiger partial charge in [0.25, 0.3) is 0 Å². The first kappa shape index (κ1) is 27.9. The maximum Gasteiger partial charge on any atom is 0.326 e. The van der Waals surface area contributed by atoms with Crippen molar-refractivity contribution in [3.63, 3.8) is 0 Å². The Balaban J connectivity index is 1.58. The number of amides is 2. The van der Waals surface area contributed by atoms with Gasteiger partial charge >= 0.3 is 5.97 Å². The number of hydrogen-bond donors (Lipinski definition) is 1. The molecule has 8 nitrogen and oxygen atoms in total. The fraction of sp³-hybridized carbons (Fsp3) is 0.483. The van der Waals surface area contributed by atoms with Gasteiger partial charge in [-0.25, -0.2) is 9.46 Å². The van der Waals surface area contributed by atoms with E-state index in [1.54, 1.807) is 9.57 Å². The minimum absolute atomic E-state index is 0.230. The topological polar surface area (TPSA) is 98.2 Å². The minimum Gasteiger partial charge on any atom is -0.480 e. The van der Waals surface area contributed by atoms with Crippen molar-refractivity contribution in [3.8, 4) is 0 Å². The number of carbonyl (C=O) groups is 3. The highest BCUT2D eigenvalue weighted by atomic mass is 31.1. The van der Waals surface area contributed by atoms with Gasteiger partial charge < -0.3 is 14.9 Å². The van der Waals surface area contributed by atoms with Crippen molar-refractivity contribution >= 4 is 26.4 Å². The lowest BCUT2D eigenvalue weighted by Gasteiger charge is -2.40. The van der Waals surface area contributed by atoms with Gasteiger partial charge in [0.05, 0.1) is 0 Å². The molecule has 9 heteroatoms. The monoisotopic (exact) mass is 537 g/mol. The Hall–Kier alpha value is -3.09. The molecule has 0 unspecified atom stereocenters. The third-order valence-corrected chi connectivity index (χ3v) is 8.79. The molecule has 2 heterocycles. The van der Waals surface area contributed by atoms with Crippen molar-refractivity contribution < 1.29 is 24.1 Å². The van der Waals surface area contributed by atoms with Gasteiger partial charge in [-0.3, -0.25) is 14.2 Å². The van der Waals surface area contributed by atoms with E-state index in [1.807, 2.05) is 67.6 Å². The molecular weight excluding hydrogens is 501 g/mol. The van der Waals surface area contributed by atoms with E-state index in [4.69, 9.17) is 0 Å². The Kier molecular flexibility index (Phi) is 9.29. The average Bonchev–Trinajstić information content (AvgIpc) is 3.63. The largest absolute Gasteiger partial charge is 0.480 e. The molecular formula is C29H36N3O5P. The number of nitrogens with zero attached hydrogens (tertiary/aromatic N) is 3. The van der Waals surface area contributed by atoms with Gasteiger partial charge in [0.15, 0.2) is 0 Å². The normalized spacial score (nSPS) is 21.1. The molecule has 2 fully saturated rings. The number of hydrogen-bond acceptors (Lipinski definition) is 4. The summed E-state index contributed by atoms with van der Waals surface area (Å²) in [7, 11) is -0.252. The Morgan fingerprint density at radius 2 is 1.45 bits per heavy atom. The molecule has 0 radical (unpaired) electrons. The van der Waals surface area contributed by atoms with Gasteiger partial charge in [0.1, 0.15) is 17.6 Å². The van der Waals surface area contributed by atoms with Crippen molar-refractivity contribution in [2.75, 3.05) is 19.6 Å². The molecule has 2 aliphatic heterocycles. The number of likely N-dealkylation sites (tertiary alicyclic amines) is 2. The van der Waals surface area contributed by atoms with Crippen LogP contribution in [-0.4, -0.2) is 74.6 Å². The second kappa shape index (κ2) is 12.6. The first-order chi connectivity index (χ1) is 18.3. The van der Waals surface area contributed by atoms with Crippen LogP contribution in [0, 0.1) is 0 Å². The third-order valence-electron chi connectivity index (χ3n) is 7.95. The summed E-state index contributed by atoms with van der Waals surface area (Å²) in [4.78, 5) is 42.6. The lowest BCUT2D eigenvalue weighted by atomic mass is 9.90. The van der Waals surface area contributed by atoms with E-state index in [0.717, 1.165) is 11.1 Å². The van der Waals surface area contributed by atoms with Crippen molar-refractivity contribution in [3.05, 3.63) is 71.8 Å². The number of rotatable bonds is 11. The zero-order valence-corrected chi connectivity index (χ0v) is 22.8. The molecule has 1 N–H and O–H groups in total. The van der Waals surface area contributed by atoms with E-state index in [-0.39, 0.29) is 20.4 Å². The summed E-state index contributed by atoms with van der Waals surface area (Å²) in [6, 6.07) is 18.2. The van der Waals surface area contributed by atoms with Crippen molar-refractivity contribution in [1.29, 1.82) is 0 Å². The lowest BCUT2D eigenvalue weighted by Crippen LogP contribution is -2.59. The smallest absolute Gasteiger partial charge is 0.326 e. The molecule has 2 amide bonds. The Morgan fingerprint density at radius 3 is 2.03 bits per heavy atom. The van der Waals surface area contributed by atoms with Crippen LogP contribution in [0.15, 0.2) is 60.7 Å². The van der Waals surface area contributed by atoms with E-state index < -0.39 is 23.6 Å². The zero-order valence-electron chi connectivity index (χ0n) is 21.9. The molecule has 0 bridgehead atoms. The van der Waals surface area contributed by atoms with E-state index in [2.05, 4.69) is 0 Å². The van der Waals surface area contributed by atoms with Crippen molar-refractivity contribution in [2.45, 2.75) is 69.5 Å². The van der Waals surface area contributed by atoms with Crippen LogP contribution in [0.5, 0.6) is 0 Å². The highest BCUT2D eigenvalue weighted by Crippen LogP contribution is 2.34. The van der Waals surface area contributed by atoms with Gasteiger partial charge in [-0.05, 0) is 63.0 Å². The molecule has 2 aromatic carbocycles. The quantitative estimate of drug-likeness (QED) is 0.432. The molecule has 202 valence electrons. The Morgan fingerprint density at radius 1 is 0.895 bits per heavy atom. The maximum atomic E-state index is 14.3. The maximum absolute atomic E-state index is 14.3. The van der Waals surface area contributed by atoms with Crippen LogP contribution >= 0.6 is 8.61 Å². The summed E-state index contributed by atoms with van der Waals surface area (Å²) in [5.74, 6) is -1.52. The molecule has 0 aliphatic carbocycles. The summed E-state index contributed by atoms with van der Waals surface area (Å²) >= 11 is 0. The number of aliphatic carboxylic acids is 1. The van der Waals surface area contributed by atoms with Crippen LogP contribution in [0.2, 0.25) is 0 Å². The van der Waals surface area contributed by atoms with E-state index in [1.165, 1.54) is 4.90 Å². The van der Waals surface area contributed by atoms with Crippen LogP contribution in [-0.2, 0) is 31.8 Å². The van der Waals surface area contributed by atoms with E-state index in [9.17, 15) is 24.1 Å². The number of carboxylic acids is 1. The molecule has 3 atom stereocenters. The molecule has 2 aromatic rings. The van der Waals surface area contributed by atoms with Gasteiger partial charge in [-0.2, -0.15) is 0 Å². The summed E-state index contributed by atoms with van der Waals surface area (Å²) in [6.45, 7) is 3.04. The summed E-state index contributed by atoms with van der Waals surface area (Å²) in [5, 5.41) is 9.60. The molecule has 0 spiro atoms.